The first kappa shape index (κ1) is 19.7. The standard InChI is InChI=1S/C20H34N2O/c1-6-22(7-2)14-8-13-21-20(23)17(5)19-11-9-18(10-12-19)15-16(3)4/h9-12,16-17H,6-8,13-15H2,1-5H3,(H,21,23). The van der Waals surface area contributed by atoms with Gasteiger partial charge < -0.3 is 10.2 Å². The van der Waals surface area contributed by atoms with Gasteiger partial charge in [-0.3, -0.25) is 4.79 Å². The molecule has 0 radical (unpaired) electrons. The molecular formula is C20H34N2O. The van der Waals surface area contributed by atoms with Crippen molar-refractivity contribution in [3.63, 3.8) is 0 Å². The number of amides is 1. The minimum atomic E-state index is -0.0865. The highest BCUT2D eigenvalue weighted by molar-refractivity contribution is 5.83. The number of hydrogen-bond donors (Lipinski definition) is 1. The summed E-state index contributed by atoms with van der Waals surface area (Å²) in [5.41, 5.74) is 2.44. The molecule has 0 aliphatic rings. The van der Waals surface area contributed by atoms with E-state index >= 15 is 0 Å². The fourth-order valence-electron chi connectivity index (χ4n) is 2.77. The van der Waals surface area contributed by atoms with E-state index in [0.717, 1.165) is 44.6 Å². The van der Waals surface area contributed by atoms with Crippen molar-refractivity contribution in [1.82, 2.24) is 10.2 Å². The third kappa shape index (κ3) is 7.17. The Labute approximate surface area is 142 Å². The van der Waals surface area contributed by atoms with Gasteiger partial charge in [0.1, 0.15) is 0 Å². The van der Waals surface area contributed by atoms with Crippen LogP contribution in [-0.4, -0.2) is 37.0 Å². The Kier molecular flexibility index (Phi) is 8.93. The third-order valence-corrected chi connectivity index (χ3v) is 4.36. The highest BCUT2D eigenvalue weighted by Crippen LogP contribution is 2.17. The lowest BCUT2D eigenvalue weighted by Crippen LogP contribution is -2.32. The Bertz CT molecular complexity index is 449. The fraction of sp³-hybridized carbons (Fsp3) is 0.650. The zero-order valence-electron chi connectivity index (χ0n) is 15.6. The Morgan fingerprint density at radius 2 is 1.70 bits per heavy atom. The molecular weight excluding hydrogens is 284 g/mol. The smallest absolute Gasteiger partial charge is 0.227 e. The molecule has 3 heteroatoms. The van der Waals surface area contributed by atoms with Gasteiger partial charge in [-0.1, -0.05) is 52.0 Å². The Hall–Kier alpha value is -1.35. The summed E-state index contributed by atoms with van der Waals surface area (Å²) >= 11 is 0. The van der Waals surface area contributed by atoms with Crippen LogP contribution < -0.4 is 5.32 Å². The second-order valence-corrected chi connectivity index (χ2v) is 6.73. The quantitative estimate of drug-likeness (QED) is 0.665. The summed E-state index contributed by atoms with van der Waals surface area (Å²) in [5, 5.41) is 3.07. The number of hydrogen-bond acceptors (Lipinski definition) is 2. The van der Waals surface area contributed by atoms with Crippen molar-refractivity contribution >= 4 is 5.91 Å². The van der Waals surface area contributed by atoms with E-state index in [9.17, 15) is 4.79 Å². The van der Waals surface area contributed by atoms with Crippen LogP contribution in [0.1, 0.15) is 58.1 Å². The number of carbonyl (C=O) groups excluding carboxylic acids is 1. The van der Waals surface area contributed by atoms with Crippen LogP contribution in [0.2, 0.25) is 0 Å². The SMILES string of the molecule is CCN(CC)CCCNC(=O)C(C)c1ccc(CC(C)C)cc1. The molecule has 0 saturated heterocycles. The molecule has 3 nitrogen and oxygen atoms in total. The van der Waals surface area contributed by atoms with Crippen LogP contribution in [0.15, 0.2) is 24.3 Å². The predicted octanol–water partition coefficient (Wildman–Crippen LogP) is 3.84. The first-order valence-corrected chi connectivity index (χ1v) is 9.06. The van der Waals surface area contributed by atoms with E-state index in [4.69, 9.17) is 0 Å². The van der Waals surface area contributed by atoms with Gasteiger partial charge in [0.2, 0.25) is 5.91 Å². The molecule has 0 aromatic heterocycles. The van der Waals surface area contributed by atoms with Gasteiger partial charge in [-0.2, -0.15) is 0 Å². The van der Waals surface area contributed by atoms with E-state index in [1.54, 1.807) is 0 Å². The number of nitrogens with one attached hydrogen (secondary N) is 1. The molecule has 0 aliphatic heterocycles. The van der Waals surface area contributed by atoms with Gasteiger partial charge in [0.15, 0.2) is 0 Å². The van der Waals surface area contributed by atoms with Crippen molar-refractivity contribution in [3.05, 3.63) is 35.4 Å². The van der Waals surface area contributed by atoms with E-state index < -0.39 is 0 Å². The summed E-state index contributed by atoms with van der Waals surface area (Å²) in [6.45, 7) is 14.7. The summed E-state index contributed by atoms with van der Waals surface area (Å²) in [7, 11) is 0. The lowest BCUT2D eigenvalue weighted by molar-refractivity contribution is -0.122. The van der Waals surface area contributed by atoms with Crippen LogP contribution in [-0.2, 0) is 11.2 Å². The fourth-order valence-corrected chi connectivity index (χ4v) is 2.77. The molecule has 0 aliphatic carbocycles. The maximum absolute atomic E-state index is 12.3. The minimum Gasteiger partial charge on any atom is -0.356 e. The summed E-state index contributed by atoms with van der Waals surface area (Å²) in [6.07, 6.45) is 2.10. The molecule has 1 aromatic carbocycles. The molecule has 1 N–H and O–H groups in total. The van der Waals surface area contributed by atoms with Crippen LogP contribution >= 0.6 is 0 Å². The zero-order chi connectivity index (χ0) is 17.2. The molecule has 1 aromatic rings. The molecule has 23 heavy (non-hydrogen) atoms. The van der Waals surface area contributed by atoms with E-state index in [-0.39, 0.29) is 11.8 Å². The average molecular weight is 319 g/mol. The molecule has 1 amide bonds. The molecule has 0 saturated carbocycles. The second kappa shape index (κ2) is 10.4. The lowest BCUT2D eigenvalue weighted by Gasteiger charge is -2.18. The van der Waals surface area contributed by atoms with E-state index in [0.29, 0.717) is 5.92 Å². The second-order valence-electron chi connectivity index (χ2n) is 6.73. The molecule has 1 unspecified atom stereocenters. The van der Waals surface area contributed by atoms with E-state index in [2.05, 4.69) is 62.2 Å². The van der Waals surface area contributed by atoms with E-state index in [1.807, 2.05) is 6.92 Å². The monoisotopic (exact) mass is 318 g/mol. The van der Waals surface area contributed by atoms with Crippen LogP contribution in [0.3, 0.4) is 0 Å². The van der Waals surface area contributed by atoms with Crippen molar-refractivity contribution in [2.24, 2.45) is 5.92 Å². The number of nitrogens with zero attached hydrogens (tertiary/aromatic N) is 1. The molecule has 1 atom stereocenters. The Balaban J connectivity index is 2.41. The number of carbonyl (C=O) groups is 1. The predicted molar refractivity (Wildman–Crippen MR) is 98.8 cm³/mol. The first-order valence-electron chi connectivity index (χ1n) is 9.06. The van der Waals surface area contributed by atoms with E-state index in [1.165, 1.54) is 5.56 Å². The van der Waals surface area contributed by atoms with Gasteiger partial charge in [-0.25, -0.2) is 0 Å². The van der Waals surface area contributed by atoms with Crippen molar-refractivity contribution in [3.8, 4) is 0 Å². The van der Waals surface area contributed by atoms with Crippen LogP contribution in [0.4, 0.5) is 0 Å². The summed E-state index contributed by atoms with van der Waals surface area (Å²) < 4.78 is 0. The van der Waals surface area contributed by atoms with Gasteiger partial charge in [0, 0.05) is 6.54 Å². The maximum atomic E-state index is 12.3. The zero-order valence-corrected chi connectivity index (χ0v) is 15.6. The van der Waals surface area contributed by atoms with Gasteiger partial charge in [-0.05, 0) is 56.4 Å². The first-order chi connectivity index (χ1) is 11.0. The van der Waals surface area contributed by atoms with Gasteiger partial charge in [0.25, 0.3) is 0 Å². The molecule has 1 rings (SSSR count). The lowest BCUT2D eigenvalue weighted by atomic mass is 9.96. The van der Waals surface area contributed by atoms with Crippen LogP contribution in [0, 0.1) is 5.92 Å². The van der Waals surface area contributed by atoms with Crippen molar-refractivity contribution in [1.29, 1.82) is 0 Å². The van der Waals surface area contributed by atoms with Gasteiger partial charge in [-0.15, -0.1) is 0 Å². The third-order valence-electron chi connectivity index (χ3n) is 4.36. The molecule has 0 spiro atoms. The Morgan fingerprint density at radius 3 is 2.22 bits per heavy atom. The van der Waals surface area contributed by atoms with Crippen LogP contribution in [0.5, 0.6) is 0 Å². The minimum absolute atomic E-state index is 0.0865. The summed E-state index contributed by atoms with van der Waals surface area (Å²) in [4.78, 5) is 14.6. The van der Waals surface area contributed by atoms with Gasteiger partial charge in [0.05, 0.1) is 5.92 Å². The van der Waals surface area contributed by atoms with Crippen LogP contribution in [0.25, 0.3) is 0 Å². The highest BCUT2D eigenvalue weighted by Gasteiger charge is 2.14. The molecule has 0 heterocycles. The maximum Gasteiger partial charge on any atom is 0.227 e. The van der Waals surface area contributed by atoms with Crippen molar-refractivity contribution in [2.45, 2.75) is 53.4 Å². The topological polar surface area (TPSA) is 32.3 Å². The van der Waals surface area contributed by atoms with Crippen molar-refractivity contribution < 1.29 is 4.79 Å². The molecule has 0 bridgehead atoms. The summed E-state index contributed by atoms with van der Waals surface area (Å²) in [5.74, 6) is 0.699. The normalized spacial score (nSPS) is 12.7. The Morgan fingerprint density at radius 1 is 1.09 bits per heavy atom. The highest BCUT2D eigenvalue weighted by atomic mass is 16.1. The molecule has 0 fully saturated rings. The molecule has 130 valence electrons. The van der Waals surface area contributed by atoms with Gasteiger partial charge >= 0.3 is 0 Å². The van der Waals surface area contributed by atoms with Crippen molar-refractivity contribution in [2.75, 3.05) is 26.2 Å². The number of benzene rings is 1. The number of rotatable bonds is 10. The average Bonchev–Trinajstić information content (AvgIpc) is 2.54. The summed E-state index contributed by atoms with van der Waals surface area (Å²) in [6, 6.07) is 8.49. The largest absolute Gasteiger partial charge is 0.356 e.